The van der Waals surface area contributed by atoms with Gasteiger partial charge in [0.25, 0.3) is 0 Å². The van der Waals surface area contributed by atoms with Gasteiger partial charge in [-0.15, -0.1) is 0 Å². The van der Waals surface area contributed by atoms with E-state index >= 15 is 0 Å². The molecule has 0 aliphatic carbocycles. The SMILES string of the molecule is C=C1C(=O)O[C@H]2C(C(C)CC[C@H]3CO3)OC([C@@]3(C)CCC(CC)O3)C[C@@H]12. The quantitative estimate of drug-likeness (QED) is 0.411. The highest BCUT2D eigenvalue weighted by molar-refractivity contribution is 5.91. The van der Waals surface area contributed by atoms with Crippen LogP contribution in [0, 0.1) is 11.8 Å². The summed E-state index contributed by atoms with van der Waals surface area (Å²) in [6.07, 6.45) is 6.35. The zero-order chi connectivity index (χ0) is 18.5. The number of fused-ring (bicyclic) bond motifs is 1. The third-order valence-electron chi connectivity index (χ3n) is 6.90. The number of esters is 1. The largest absolute Gasteiger partial charge is 0.456 e. The number of rotatable bonds is 6. The number of carbonyl (C=O) groups is 1. The molecule has 4 heterocycles. The first-order valence-corrected chi connectivity index (χ1v) is 10.3. The highest BCUT2D eigenvalue weighted by Crippen LogP contribution is 2.47. The number of carbonyl (C=O) groups excluding carboxylic acids is 1. The van der Waals surface area contributed by atoms with Crippen LogP contribution < -0.4 is 0 Å². The van der Waals surface area contributed by atoms with Crippen molar-refractivity contribution < 1.29 is 23.7 Å². The minimum absolute atomic E-state index is 0.0174. The fourth-order valence-corrected chi connectivity index (χ4v) is 4.93. The predicted octanol–water partition coefficient (Wildman–Crippen LogP) is 3.40. The second-order valence-corrected chi connectivity index (χ2v) is 8.84. The molecule has 0 aromatic carbocycles. The minimum atomic E-state index is -0.283. The van der Waals surface area contributed by atoms with Crippen LogP contribution >= 0.6 is 0 Å². The van der Waals surface area contributed by atoms with Crippen molar-refractivity contribution >= 4 is 5.97 Å². The molecule has 26 heavy (non-hydrogen) atoms. The van der Waals surface area contributed by atoms with E-state index in [1.807, 2.05) is 0 Å². The molecular weight excluding hydrogens is 332 g/mol. The van der Waals surface area contributed by atoms with Crippen molar-refractivity contribution in [3.63, 3.8) is 0 Å². The fraction of sp³-hybridized carbons (Fsp3) is 0.857. The molecule has 5 heteroatoms. The van der Waals surface area contributed by atoms with E-state index < -0.39 is 0 Å². The van der Waals surface area contributed by atoms with Gasteiger partial charge in [0.05, 0.1) is 36.6 Å². The Morgan fingerprint density at radius 1 is 1.35 bits per heavy atom. The van der Waals surface area contributed by atoms with E-state index in [1.165, 1.54) is 0 Å². The molecule has 4 fully saturated rings. The number of ether oxygens (including phenoxy) is 4. The molecule has 0 N–H and O–H groups in total. The number of hydrogen-bond acceptors (Lipinski definition) is 5. The molecule has 0 radical (unpaired) electrons. The van der Waals surface area contributed by atoms with Crippen LogP contribution in [0.15, 0.2) is 12.2 Å². The van der Waals surface area contributed by atoms with Crippen molar-refractivity contribution in [3.8, 4) is 0 Å². The zero-order valence-electron chi connectivity index (χ0n) is 16.2. The highest BCUT2D eigenvalue weighted by atomic mass is 16.6. The predicted molar refractivity (Wildman–Crippen MR) is 96.7 cm³/mol. The van der Waals surface area contributed by atoms with Crippen LogP contribution in [0.3, 0.4) is 0 Å². The van der Waals surface area contributed by atoms with Crippen molar-refractivity contribution in [2.24, 2.45) is 11.8 Å². The van der Waals surface area contributed by atoms with Gasteiger partial charge in [-0.05, 0) is 51.4 Å². The van der Waals surface area contributed by atoms with Crippen molar-refractivity contribution in [1.82, 2.24) is 0 Å². The Hall–Kier alpha value is -0.910. The Balaban J connectivity index is 1.51. The molecule has 0 aromatic rings. The molecule has 0 bridgehead atoms. The van der Waals surface area contributed by atoms with E-state index in [4.69, 9.17) is 18.9 Å². The monoisotopic (exact) mass is 364 g/mol. The highest BCUT2D eigenvalue weighted by Gasteiger charge is 2.55. The summed E-state index contributed by atoms with van der Waals surface area (Å²) in [5.74, 6) is 0.100. The third kappa shape index (κ3) is 3.34. The molecule has 0 saturated carbocycles. The van der Waals surface area contributed by atoms with Gasteiger partial charge >= 0.3 is 5.97 Å². The second-order valence-electron chi connectivity index (χ2n) is 8.84. The lowest BCUT2D eigenvalue weighted by Gasteiger charge is -2.45. The Morgan fingerprint density at radius 3 is 2.77 bits per heavy atom. The van der Waals surface area contributed by atoms with E-state index in [-0.39, 0.29) is 35.8 Å². The average molecular weight is 364 g/mol. The second kappa shape index (κ2) is 6.92. The smallest absolute Gasteiger partial charge is 0.334 e. The van der Waals surface area contributed by atoms with Crippen LogP contribution in [-0.4, -0.2) is 48.7 Å². The molecule has 0 spiro atoms. The van der Waals surface area contributed by atoms with Crippen LogP contribution in [0.25, 0.3) is 0 Å². The zero-order valence-corrected chi connectivity index (χ0v) is 16.2. The summed E-state index contributed by atoms with van der Waals surface area (Å²) in [4.78, 5) is 12.2. The Labute approximate surface area is 156 Å². The Morgan fingerprint density at radius 2 is 2.12 bits per heavy atom. The molecule has 146 valence electrons. The normalized spacial score (nSPS) is 46.1. The molecule has 5 nitrogen and oxygen atoms in total. The summed E-state index contributed by atoms with van der Waals surface area (Å²) in [6.45, 7) is 11.4. The lowest BCUT2D eigenvalue weighted by Crippen LogP contribution is -2.54. The minimum Gasteiger partial charge on any atom is -0.456 e. The van der Waals surface area contributed by atoms with Crippen LogP contribution in [0.5, 0.6) is 0 Å². The van der Waals surface area contributed by atoms with E-state index in [9.17, 15) is 4.79 Å². The summed E-state index contributed by atoms with van der Waals surface area (Å²) < 4.78 is 24.0. The van der Waals surface area contributed by atoms with Gasteiger partial charge in [0.1, 0.15) is 6.10 Å². The molecule has 4 unspecified atom stereocenters. The van der Waals surface area contributed by atoms with Crippen LogP contribution in [0.2, 0.25) is 0 Å². The van der Waals surface area contributed by atoms with E-state index in [0.717, 1.165) is 45.1 Å². The van der Waals surface area contributed by atoms with Crippen molar-refractivity contribution in [3.05, 3.63) is 12.2 Å². The third-order valence-corrected chi connectivity index (χ3v) is 6.90. The van der Waals surface area contributed by atoms with Crippen molar-refractivity contribution in [2.75, 3.05) is 6.61 Å². The molecule has 4 saturated heterocycles. The maximum Gasteiger partial charge on any atom is 0.334 e. The number of hydrogen-bond donors (Lipinski definition) is 0. The van der Waals surface area contributed by atoms with Gasteiger partial charge in [0.2, 0.25) is 0 Å². The molecule has 4 rings (SSSR count). The first-order chi connectivity index (χ1) is 12.4. The van der Waals surface area contributed by atoms with Gasteiger partial charge in [-0.3, -0.25) is 0 Å². The molecule has 4 aliphatic heterocycles. The Kier molecular flexibility index (Phi) is 4.91. The lowest BCUT2D eigenvalue weighted by molar-refractivity contribution is -0.215. The first kappa shape index (κ1) is 18.5. The van der Waals surface area contributed by atoms with Gasteiger partial charge in [-0.1, -0.05) is 20.4 Å². The van der Waals surface area contributed by atoms with E-state index in [1.54, 1.807) is 0 Å². The van der Waals surface area contributed by atoms with Crippen molar-refractivity contribution in [2.45, 2.75) is 95.4 Å². The summed E-state index contributed by atoms with van der Waals surface area (Å²) in [5, 5.41) is 0. The molecular formula is C21H32O5. The standard InChI is InChI=1S/C21H32O5/c1-5-14-8-9-21(4,26-14)17-10-16-13(3)20(22)25-19(16)18(24-17)12(2)6-7-15-11-23-15/h12,14-19H,3,5-11H2,1-2,4H3/t12?,14?,15-,16-,17?,18?,19+,21+/m0/s1. The van der Waals surface area contributed by atoms with Gasteiger partial charge < -0.3 is 18.9 Å². The lowest BCUT2D eigenvalue weighted by atomic mass is 9.77. The molecule has 0 amide bonds. The van der Waals surface area contributed by atoms with E-state index in [2.05, 4.69) is 27.4 Å². The molecule has 8 atom stereocenters. The van der Waals surface area contributed by atoms with Gasteiger partial charge in [0.15, 0.2) is 0 Å². The number of epoxide rings is 1. The fourth-order valence-electron chi connectivity index (χ4n) is 4.93. The van der Waals surface area contributed by atoms with Crippen LogP contribution in [0.1, 0.15) is 59.3 Å². The average Bonchev–Trinajstić information content (AvgIpc) is 3.32. The topological polar surface area (TPSA) is 57.3 Å². The summed E-state index contributed by atoms with van der Waals surface area (Å²) in [6, 6.07) is 0. The van der Waals surface area contributed by atoms with E-state index in [0.29, 0.717) is 23.7 Å². The maximum atomic E-state index is 12.2. The summed E-state index contributed by atoms with van der Waals surface area (Å²) >= 11 is 0. The summed E-state index contributed by atoms with van der Waals surface area (Å²) in [5.41, 5.74) is 0.328. The van der Waals surface area contributed by atoms with Gasteiger partial charge in [0, 0.05) is 11.5 Å². The molecule has 0 aromatic heterocycles. The van der Waals surface area contributed by atoms with Crippen LogP contribution in [-0.2, 0) is 23.7 Å². The molecule has 4 aliphatic rings. The summed E-state index contributed by atoms with van der Waals surface area (Å²) in [7, 11) is 0. The van der Waals surface area contributed by atoms with Gasteiger partial charge in [-0.25, -0.2) is 4.79 Å². The first-order valence-electron chi connectivity index (χ1n) is 10.3. The maximum absolute atomic E-state index is 12.2. The van der Waals surface area contributed by atoms with Crippen LogP contribution in [0.4, 0.5) is 0 Å². The Bertz CT molecular complexity index is 571. The van der Waals surface area contributed by atoms with Crippen molar-refractivity contribution in [1.29, 1.82) is 0 Å². The van der Waals surface area contributed by atoms with Gasteiger partial charge in [-0.2, -0.15) is 0 Å².